The van der Waals surface area contributed by atoms with Gasteiger partial charge in [-0.1, -0.05) is 23.7 Å². The van der Waals surface area contributed by atoms with Crippen molar-refractivity contribution < 1.29 is 0 Å². The van der Waals surface area contributed by atoms with Gasteiger partial charge in [-0.2, -0.15) is 5.10 Å². The Labute approximate surface area is 170 Å². The maximum Gasteiger partial charge on any atom is 0.138 e. The van der Waals surface area contributed by atoms with Gasteiger partial charge in [-0.05, 0) is 54.3 Å². The lowest BCUT2D eigenvalue weighted by molar-refractivity contribution is 0.516. The SMILES string of the molecule is Cl.Clc1ccc(N2CCC(CNCc3ccc(-n4cncn4)cc3)C2)cc1. The molecule has 5 nitrogen and oxygen atoms in total. The second-order valence-corrected chi connectivity index (χ2v) is 7.15. The molecule has 7 heteroatoms. The van der Waals surface area contributed by atoms with Crippen molar-refractivity contribution in [2.75, 3.05) is 24.5 Å². The smallest absolute Gasteiger partial charge is 0.138 e. The van der Waals surface area contributed by atoms with Gasteiger partial charge in [0.15, 0.2) is 0 Å². The first-order valence-electron chi connectivity index (χ1n) is 8.93. The van der Waals surface area contributed by atoms with E-state index in [0.29, 0.717) is 5.92 Å². The molecule has 27 heavy (non-hydrogen) atoms. The van der Waals surface area contributed by atoms with Crippen LogP contribution in [-0.2, 0) is 6.54 Å². The van der Waals surface area contributed by atoms with Crippen molar-refractivity contribution in [3.05, 3.63) is 71.8 Å². The highest BCUT2D eigenvalue weighted by molar-refractivity contribution is 6.30. The molecule has 0 amide bonds. The number of halogens is 2. The number of anilines is 1. The van der Waals surface area contributed by atoms with Crippen molar-refractivity contribution in [1.29, 1.82) is 0 Å². The van der Waals surface area contributed by atoms with Gasteiger partial charge in [0.05, 0.1) is 5.69 Å². The zero-order valence-electron chi connectivity index (χ0n) is 15.0. The van der Waals surface area contributed by atoms with Crippen LogP contribution in [0.5, 0.6) is 0 Å². The Bertz CT molecular complexity index is 819. The maximum atomic E-state index is 5.98. The summed E-state index contributed by atoms with van der Waals surface area (Å²) in [4.78, 5) is 6.42. The fourth-order valence-electron chi connectivity index (χ4n) is 3.41. The maximum absolute atomic E-state index is 5.98. The Morgan fingerprint density at radius 3 is 2.48 bits per heavy atom. The summed E-state index contributed by atoms with van der Waals surface area (Å²) in [7, 11) is 0. The summed E-state index contributed by atoms with van der Waals surface area (Å²) in [5.74, 6) is 0.681. The van der Waals surface area contributed by atoms with Crippen molar-refractivity contribution in [2.45, 2.75) is 13.0 Å². The van der Waals surface area contributed by atoms with Crippen molar-refractivity contribution in [3.63, 3.8) is 0 Å². The number of rotatable bonds is 6. The minimum atomic E-state index is 0. The van der Waals surface area contributed by atoms with E-state index in [-0.39, 0.29) is 12.4 Å². The highest BCUT2D eigenvalue weighted by Crippen LogP contribution is 2.24. The molecule has 2 aromatic carbocycles. The number of hydrogen-bond acceptors (Lipinski definition) is 4. The van der Waals surface area contributed by atoms with E-state index in [4.69, 9.17) is 11.6 Å². The average molecular weight is 404 g/mol. The second-order valence-electron chi connectivity index (χ2n) is 6.71. The van der Waals surface area contributed by atoms with Gasteiger partial charge in [0, 0.05) is 36.9 Å². The quantitative estimate of drug-likeness (QED) is 0.676. The van der Waals surface area contributed by atoms with E-state index in [1.54, 1.807) is 17.3 Å². The third kappa shape index (κ3) is 5.01. The normalized spacial score (nSPS) is 16.3. The number of aromatic nitrogens is 3. The van der Waals surface area contributed by atoms with Crippen molar-refractivity contribution >= 4 is 29.7 Å². The molecule has 1 N–H and O–H groups in total. The van der Waals surface area contributed by atoms with Crippen LogP contribution in [-0.4, -0.2) is 34.4 Å². The molecule has 3 aromatic rings. The molecule has 1 atom stereocenters. The van der Waals surface area contributed by atoms with Gasteiger partial charge in [0.2, 0.25) is 0 Å². The van der Waals surface area contributed by atoms with E-state index >= 15 is 0 Å². The van der Waals surface area contributed by atoms with Crippen LogP contribution in [0.1, 0.15) is 12.0 Å². The molecule has 1 saturated heterocycles. The zero-order chi connectivity index (χ0) is 17.8. The van der Waals surface area contributed by atoms with E-state index in [1.165, 1.54) is 17.7 Å². The van der Waals surface area contributed by atoms with Gasteiger partial charge in [0.1, 0.15) is 12.7 Å². The number of nitrogens with one attached hydrogen (secondary N) is 1. The van der Waals surface area contributed by atoms with Gasteiger partial charge in [-0.25, -0.2) is 9.67 Å². The molecule has 0 spiro atoms. The number of hydrogen-bond donors (Lipinski definition) is 1. The Morgan fingerprint density at radius 1 is 1.04 bits per heavy atom. The topological polar surface area (TPSA) is 46.0 Å². The Hall–Kier alpha value is -2.08. The van der Waals surface area contributed by atoms with Crippen molar-refractivity contribution in [1.82, 2.24) is 20.1 Å². The van der Waals surface area contributed by atoms with Crippen LogP contribution in [0.4, 0.5) is 5.69 Å². The summed E-state index contributed by atoms with van der Waals surface area (Å²) in [5, 5.41) is 8.53. The Kier molecular flexibility index (Phi) is 6.72. The molecular weight excluding hydrogens is 381 g/mol. The molecule has 4 rings (SSSR count). The predicted molar refractivity (Wildman–Crippen MR) is 112 cm³/mol. The first-order valence-corrected chi connectivity index (χ1v) is 9.31. The molecule has 1 unspecified atom stereocenters. The molecule has 1 aliphatic heterocycles. The average Bonchev–Trinajstić information content (AvgIpc) is 3.35. The lowest BCUT2D eigenvalue weighted by atomic mass is 10.1. The molecule has 1 aliphatic rings. The molecule has 142 valence electrons. The number of benzene rings is 2. The van der Waals surface area contributed by atoms with Gasteiger partial charge in [0.25, 0.3) is 0 Å². The summed E-state index contributed by atoms with van der Waals surface area (Å²) >= 11 is 5.98. The molecule has 0 saturated carbocycles. The molecule has 1 aromatic heterocycles. The minimum absolute atomic E-state index is 0. The van der Waals surface area contributed by atoms with Gasteiger partial charge in [-0.15, -0.1) is 12.4 Å². The third-order valence-electron chi connectivity index (χ3n) is 4.86. The third-order valence-corrected chi connectivity index (χ3v) is 5.11. The van der Waals surface area contributed by atoms with Crippen molar-refractivity contribution in [3.8, 4) is 5.69 Å². The highest BCUT2D eigenvalue weighted by atomic mass is 35.5. The van der Waals surface area contributed by atoms with E-state index < -0.39 is 0 Å². The lowest BCUT2D eigenvalue weighted by Crippen LogP contribution is -2.26. The van der Waals surface area contributed by atoms with Crippen LogP contribution >= 0.6 is 24.0 Å². The van der Waals surface area contributed by atoms with Crippen LogP contribution in [0.2, 0.25) is 5.02 Å². The highest BCUT2D eigenvalue weighted by Gasteiger charge is 2.22. The van der Waals surface area contributed by atoms with E-state index in [2.05, 4.69) is 56.7 Å². The van der Waals surface area contributed by atoms with Crippen LogP contribution in [0.15, 0.2) is 61.2 Å². The van der Waals surface area contributed by atoms with Crippen molar-refractivity contribution in [2.24, 2.45) is 5.92 Å². The monoisotopic (exact) mass is 403 g/mol. The van der Waals surface area contributed by atoms with Crippen LogP contribution in [0.3, 0.4) is 0 Å². The van der Waals surface area contributed by atoms with E-state index in [0.717, 1.165) is 36.9 Å². The van der Waals surface area contributed by atoms with Gasteiger partial charge >= 0.3 is 0 Å². The summed E-state index contributed by atoms with van der Waals surface area (Å²) in [5.41, 5.74) is 3.57. The van der Waals surface area contributed by atoms with Gasteiger partial charge < -0.3 is 10.2 Å². The van der Waals surface area contributed by atoms with Gasteiger partial charge in [-0.3, -0.25) is 0 Å². The largest absolute Gasteiger partial charge is 0.371 e. The molecule has 2 heterocycles. The summed E-state index contributed by atoms with van der Waals surface area (Å²) in [6.07, 6.45) is 4.48. The summed E-state index contributed by atoms with van der Waals surface area (Å²) in [6.45, 7) is 4.13. The van der Waals surface area contributed by atoms with Crippen LogP contribution in [0.25, 0.3) is 5.69 Å². The van der Waals surface area contributed by atoms with Crippen LogP contribution < -0.4 is 10.2 Å². The molecular formula is C20H23Cl2N5. The number of nitrogens with zero attached hydrogens (tertiary/aromatic N) is 4. The summed E-state index contributed by atoms with van der Waals surface area (Å²) < 4.78 is 1.76. The fourth-order valence-corrected chi connectivity index (χ4v) is 3.54. The molecule has 1 fully saturated rings. The Balaban J connectivity index is 0.00000210. The second kappa shape index (κ2) is 9.22. The fraction of sp³-hybridized carbons (Fsp3) is 0.300. The zero-order valence-corrected chi connectivity index (χ0v) is 16.5. The lowest BCUT2D eigenvalue weighted by Gasteiger charge is -2.19. The first-order chi connectivity index (χ1) is 12.8. The molecule has 0 radical (unpaired) electrons. The standard InChI is InChI=1S/C20H22ClN5.ClH/c21-18-3-7-19(8-4-18)25-10-9-17(13-25)12-22-11-16-1-5-20(6-2-16)26-15-23-14-24-26;/h1-8,14-15,17,22H,9-13H2;1H. The Morgan fingerprint density at radius 2 is 1.78 bits per heavy atom. The van der Waals surface area contributed by atoms with E-state index in [9.17, 15) is 0 Å². The summed E-state index contributed by atoms with van der Waals surface area (Å²) in [6, 6.07) is 16.6. The van der Waals surface area contributed by atoms with E-state index in [1.807, 2.05) is 12.1 Å². The molecule has 0 bridgehead atoms. The minimum Gasteiger partial charge on any atom is -0.371 e. The predicted octanol–water partition coefficient (Wildman–Crippen LogP) is 3.96. The van der Waals surface area contributed by atoms with Crippen LogP contribution in [0, 0.1) is 5.92 Å². The first kappa shape index (κ1) is 19.7. The molecule has 0 aliphatic carbocycles.